The molecular formula is C10H14O4. The molecule has 0 aliphatic carbocycles. The van der Waals surface area contributed by atoms with Crippen LogP contribution in [-0.2, 0) is 0 Å². The molecule has 1 aromatic carbocycles. The van der Waals surface area contributed by atoms with Crippen molar-refractivity contribution in [2.24, 2.45) is 0 Å². The molecule has 0 saturated heterocycles. The second kappa shape index (κ2) is 4.83. The fraction of sp³-hybridized carbons (Fsp3) is 0.400. The molecule has 78 valence electrons. The molecule has 0 amide bonds. The zero-order valence-electron chi connectivity index (χ0n) is 8.18. The van der Waals surface area contributed by atoms with Gasteiger partial charge in [-0.2, -0.15) is 0 Å². The number of benzene rings is 1. The summed E-state index contributed by atoms with van der Waals surface area (Å²) in [6.07, 6.45) is -2.15. The van der Waals surface area contributed by atoms with Crippen molar-refractivity contribution in [3.05, 3.63) is 24.3 Å². The van der Waals surface area contributed by atoms with Gasteiger partial charge in [0, 0.05) is 6.07 Å². The minimum Gasteiger partial charge on any atom is -0.497 e. The maximum atomic E-state index is 9.23. The summed E-state index contributed by atoms with van der Waals surface area (Å²) in [4.78, 5) is 0. The van der Waals surface area contributed by atoms with E-state index in [1.54, 1.807) is 31.4 Å². The summed E-state index contributed by atoms with van der Waals surface area (Å²) >= 11 is 0. The Morgan fingerprint density at radius 1 is 1.21 bits per heavy atom. The van der Waals surface area contributed by atoms with Gasteiger partial charge in [0.25, 0.3) is 0 Å². The van der Waals surface area contributed by atoms with E-state index in [-0.39, 0.29) is 0 Å². The van der Waals surface area contributed by atoms with Crippen LogP contribution in [0.25, 0.3) is 0 Å². The van der Waals surface area contributed by atoms with Crippen LogP contribution < -0.4 is 9.47 Å². The molecule has 1 aromatic rings. The summed E-state index contributed by atoms with van der Waals surface area (Å²) in [7, 11) is 1.55. The smallest absolute Gasteiger partial charge is 0.223 e. The Morgan fingerprint density at radius 3 is 2.43 bits per heavy atom. The van der Waals surface area contributed by atoms with Gasteiger partial charge in [0.2, 0.25) is 6.29 Å². The highest BCUT2D eigenvalue weighted by molar-refractivity contribution is 5.32. The molecule has 0 saturated carbocycles. The van der Waals surface area contributed by atoms with E-state index in [0.717, 1.165) is 0 Å². The normalized spacial score (nSPS) is 14.6. The van der Waals surface area contributed by atoms with Crippen LogP contribution in [0.5, 0.6) is 11.5 Å². The molecule has 4 nitrogen and oxygen atoms in total. The molecule has 2 atom stereocenters. The largest absolute Gasteiger partial charge is 0.497 e. The third-order valence-corrected chi connectivity index (χ3v) is 1.71. The van der Waals surface area contributed by atoms with Gasteiger partial charge < -0.3 is 19.7 Å². The van der Waals surface area contributed by atoms with E-state index < -0.39 is 12.4 Å². The second-order valence-corrected chi connectivity index (χ2v) is 2.93. The van der Waals surface area contributed by atoms with Crippen molar-refractivity contribution in [2.45, 2.75) is 19.3 Å². The fourth-order valence-electron chi connectivity index (χ4n) is 0.912. The van der Waals surface area contributed by atoms with Crippen molar-refractivity contribution in [3.63, 3.8) is 0 Å². The van der Waals surface area contributed by atoms with Crippen LogP contribution >= 0.6 is 0 Å². The Bertz CT molecular complexity index is 285. The molecule has 0 fully saturated rings. The van der Waals surface area contributed by atoms with Crippen LogP contribution in [0.15, 0.2) is 24.3 Å². The molecule has 0 radical (unpaired) electrons. The summed E-state index contributed by atoms with van der Waals surface area (Å²) in [6, 6.07) is 6.81. The Hall–Kier alpha value is -1.26. The highest BCUT2D eigenvalue weighted by Crippen LogP contribution is 2.19. The van der Waals surface area contributed by atoms with Crippen LogP contribution in [0, 0.1) is 0 Å². The Balaban J connectivity index is 2.66. The molecule has 2 unspecified atom stereocenters. The van der Waals surface area contributed by atoms with Crippen molar-refractivity contribution in [3.8, 4) is 11.5 Å². The van der Waals surface area contributed by atoms with Crippen molar-refractivity contribution in [1.29, 1.82) is 0 Å². The zero-order valence-corrected chi connectivity index (χ0v) is 8.18. The molecule has 4 heteroatoms. The maximum absolute atomic E-state index is 9.23. The van der Waals surface area contributed by atoms with Gasteiger partial charge in [0.15, 0.2) is 0 Å². The summed E-state index contributed by atoms with van der Waals surface area (Å²) in [5.41, 5.74) is 0. The van der Waals surface area contributed by atoms with Crippen LogP contribution in [0.3, 0.4) is 0 Å². The highest BCUT2D eigenvalue weighted by Gasteiger charge is 2.12. The average molecular weight is 198 g/mol. The van der Waals surface area contributed by atoms with Crippen LogP contribution in [0.4, 0.5) is 0 Å². The Kier molecular flexibility index (Phi) is 3.73. The predicted molar refractivity (Wildman–Crippen MR) is 51.3 cm³/mol. The van der Waals surface area contributed by atoms with Gasteiger partial charge in [-0.05, 0) is 19.1 Å². The van der Waals surface area contributed by atoms with Crippen LogP contribution in [-0.4, -0.2) is 29.7 Å². The Morgan fingerprint density at radius 2 is 1.86 bits per heavy atom. The number of ether oxygens (including phenoxy) is 2. The molecule has 0 bridgehead atoms. The summed E-state index contributed by atoms with van der Waals surface area (Å²) in [5, 5.41) is 18.2. The molecule has 14 heavy (non-hydrogen) atoms. The summed E-state index contributed by atoms with van der Waals surface area (Å²) in [6.45, 7) is 1.45. The van der Waals surface area contributed by atoms with E-state index in [2.05, 4.69) is 0 Å². The van der Waals surface area contributed by atoms with E-state index in [0.29, 0.717) is 11.5 Å². The number of methoxy groups -OCH3 is 1. The quantitative estimate of drug-likeness (QED) is 0.702. The van der Waals surface area contributed by atoms with Gasteiger partial charge in [0.1, 0.15) is 17.6 Å². The molecule has 0 aliphatic rings. The van der Waals surface area contributed by atoms with Crippen LogP contribution in [0.2, 0.25) is 0 Å². The van der Waals surface area contributed by atoms with E-state index in [9.17, 15) is 5.11 Å². The maximum Gasteiger partial charge on any atom is 0.223 e. The molecule has 0 heterocycles. The Labute approximate surface area is 82.7 Å². The van der Waals surface area contributed by atoms with Crippen molar-refractivity contribution >= 4 is 0 Å². The van der Waals surface area contributed by atoms with E-state index >= 15 is 0 Å². The lowest BCUT2D eigenvalue weighted by atomic mass is 10.3. The second-order valence-electron chi connectivity index (χ2n) is 2.93. The van der Waals surface area contributed by atoms with Gasteiger partial charge in [-0.15, -0.1) is 0 Å². The number of hydrogen-bond donors (Lipinski definition) is 2. The molecule has 0 spiro atoms. The first-order valence-corrected chi connectivity index (χ1v) is 4.30. The van der Waals surface area contributed by atoms with E-state index in [1.165, 1.54) is 6.92 Å². The van der Waals surface area contributed by atoms with Gasteiger partial charge in [0.05, 0.1) is 7.11 Å². The molecule has 2 N–H and O–H groups in total. The molecular weight excluding hydrogens is 184 g/mol. The SMILES string of the molecule is COc1cccc(OC(O)C(C)O)c1. The van der Waals surface area contributed by atoms with E-state index in [4.69, 9.17) is 14.6 Å². The third kappa shape index (κ3) is 2.90. The van der Waals surface area contributed by atoms with Gasteiger partial charge in [-0.25, -0.2) is 0 Å². The topological polar surface area (TPSA) is 58.9 Å². The number of hydrogen-bond acceptors (Lipinski definition) is 4. The molecule has 1 rings (SSSR count). The lowest BCUT2D eigenvalue weighted by Gasteiger charge is -2.15. The lowest BCUT2D eigenvalue weighted by molar-refractivity contribution is -0.0959. The van der Waals surface area contributed by atoms with Gasteiger partial charge in [-0.1, -0.05) is 6.07 Å². The minimum atomic E-state index is -1.22. The van der Waals surface area contributed by atoms with E-state index in [1.807, 2.05) is 0 Å². The average Bonchev–Trinajstić information content (AvgIpc) is 2.18. The molecule has 0 aromatic heterocycles. The number of rotatable bonds is 4. The standard InChI is InChI=1S/C10H14O4/c1-7(11)10(12)14-9-5-3-4-8(6-9)13-2/h3-7,10-12H,1-2H3. The highest BCUT2D eigenvalue weighted by atomic mass is 16.6. The predicted octanol–water partition coefficient (Wildman–Crippen LogP) is 0.773. The van der Waals surface area contributed by atoms with Crippen molar-refractivity contribution < 1.29 is 19.7 Å². The molecule has 0 aliphatic heterocycles. The first-order valence-electron chi connectivity index (χ1n) is 4.30. The fourth-order valence-corrected chi connectivity index (χ4v) is 0.912. The summed E-state index contributed by atoms with van der Waals surface area (Å²) < 4.78 is 10.0. The minimum absolute atomic E-state index is 0.456. The zero-order chi connectivity index (χ0) is 10.6. The first-order chi connectivity index (χ1) is 6.63. The van der Waals surface area contributed by atoms with Gasteiger partial charge in [-0.3, -0.25) is 0 Å². The number of aliphatic hydroxyl groups is 2. The van der Waals surface area contributed by atoms with Crippen LogP contribution in [0.1, 0.15) is 6.92 Å². The van der Waals surface area contributed by atoms with Crippen molar-refractivity contribution in [1.82, 2.24) is 0 Å². The first kappa shape index (κ1) is 10.8. The summed E-state index contributed by atoms with van der Waals surface area (Å²) in [5.74, 6) is 1.10. The van der Waals surface area contributed by atoms with Crippen molar-refractivity contribution in [2.75, 3.05) is 7.11 Å². The third-order valence-electron chi connectivity index (χ3n) is 1.71. The lowest BCUT2D eigenvalue weighted by Crippen LogP contribution is -2.28. The number of aliphatic hydroxyl groups excluding tert-OH is 2. The van der Waals surface area contributed by atoms with Gasteiger partial charge >= 0.3 is 0 Å². The monoisotopic (exact) mass is 198 g/mol.